The van der Waals surface area contributed by atoms with Crippen LogP contribution in [0.5, 0.6) is 6.01 Å². The molecule has 0 bridgehead atoms. The monoisotopic (exact) mass is 290 g/mol. The summed E-state index contributed by atoms with van der Waals surface area (Å²) in [6, 6.07) is 8.86. The molecule has 20 heavy (non-hydrogen) atoms. The molecule has 1 aliphatic rings. The Kier molecular flexibility index (Phi) is 3.69. The van der Waals surface area contributed by atoms with Gasteiger partial charge in [-0.15, -0.1) is 0 Å². The van der Waals surface area contributed by atoms with Crippen LogP contribution in [0.4, 0.5) is 5.95 Å². The van der Waals surface area contributed by atoms with Crippen LogP contribution in [-0.2, 0) is 6.42 Å². The minimum Gasteiger partial charge on any atom is -0.467 e. The summed E-state index contributed by atoms with van der Waals surface area (Å²) >= 11 is 5.86. The lowest BCUT2D eigenvalue weighted by Crippen LogP contribution is -2.19. The smallest absolute Gasteiger partial charge is 0.322 e. The zero-order valence-electron chi connectivity index (χ0n) is 11.1. The summed E-state index contributed by atoms with van der Waals surface area (Å²) in [5.41, 5.74) is 2.68. The van der Waals surface area contributed by atoms with Gasteiger partial charge in [-0.25, -0.2) is 0 Å². The van der Waals surface area contributed by atoms with Crippen molar-refractivity contribution in [3.8, 4) is 6.01 Å². The van der Waals surface area contributed by atoms with Gasteiger partial charge in [0, 0.05) is 0 Å². The van der Waals surface area contributed by atoms with E-state index in [1.165, 1.54) is 18.2 Å². The fourth-order valence-electron chi connectivity index (χ4n) is 2.55. The average molecular weight is 291 g/mol. The van der Waals surface area contributed by atoms with Gasteiger partial charge in [0.2, 0.25) is 11.2 Å². The van der Waals surface area contributed by atoms with E-state index < -0.39 is 0 Å². The van der Waals surface area contributed by atoms with E-state index in [1.807, 2.05) is 0 Å². The van der Waals surface area contributed by atoms with Gasteiger partial charge in [-0.1, -0.05) is 24.3 Å². The summed E-state index contributed by atoms with van der Waals surface area (Å²) in [5, 5.41) is 3.45. The Morgan fingerprint density at radius 1 is 1.25 bits per heavy atom. The van der Waals surface area contributed by atoms with E-state index in [4.69, 9.17) is 16.3 Å². The Labute approximate surface area is 122 Å². The van der Waals surface area contributed by atoms with Crippen LogP contribution in [0.2, 0.25) is 5.28 Å². The van der Waals surface area contributed by atoms with Crippen LogP contribution in [0.25, 0.3) is 0 Å². The molecule has 0 saturated carbocycles. The molecule has 1 heterocycles. The molecule has 3 rings (SSSR count). The first-order valence-corrected chi connectivity index (χ1v) is 6.94. The van der Waals surface area contributed by atoms with E-state index in [-0.39, 0.29) is 17.3 Å². The highest BCUT2D eigenvalue weighted by Crippen LogP contribution is 2.31. The van der Waals surface area contributed by atoms with Crippen LogP contribution in [0.15, 0.2) is 24.3 Å². The number of aryl methyl sites for hydroxylation is 1. The van der Waals surface area contributed by atoms with Crippen molar-refractivity contribution in [2.45, 2.75) is 25.3 Å². The molecule has 104 valence electrons. The molecule has 1 unspecified atom stereocenters. The van der Waals surface area contributed by atoms with E-state index >= 15 is 0 Å². The Bertz CT molecular complexity index is 620. The summed E-state index contributed by atoms with van der Waals surface area (Å²) in [6.07, 6.45) is 3.31. The molecule has 0 spiro atoms. The van der Waals surface area contributed by atoms with E-state index in [1.54, 1.807) is 0 Å². The molecule has 0 amide bonds. The predicted octanol–water partition coefficient (Wildman–Crippen LogP) is 3.02. The first kappa shape index (κ1) is 13.1. The molecule has 1 N–H and O–H groups in total. The normalized spacial score (nSPS) is 17.4. The van der Waals surface area contributed by atoms with Crippen molar-refractivity contribution in [1.29, 1.82) is 0 Å². The second-order valence-electron chi connectivity index (χ2n) is 4.70. The lowest BCUT2D eigenvalue weighted by Gasteiger charge is -2.26. The Morgan fingerprint density at radius 2 is 2.10 bits per heavy atom. The Morgan fingerprint density at radius 3 is 2.95 bits per heavy atom. The van der Waals surface area contributed by atoms with Crippen molar-refractivity contribution >= 4 is 17.5 Å². The zero-order valence-corrected chi connectivity index (χ0v) is 11.9. The molecule has 1 aromatic heterocycles. The molecule has 0 aliphatic heterocycles. The number of hydrogen-bond donors (Lipinski definition) is 1. The maximum atomic E-state index is 5.86. The molecule has 5 nitrogen and oxygen atoms in total. The van der Waals surface area contributed by atoms with Gasteiger partial charge < -0.3 is 10.1 Å². The minimum absolute atomic E-state index is 0.128. The van der Waals surface area contributed by atoms with Crippen LogP contribution in [0.1, 0.15) is 30.0 Å². The largest absolute Gasteiger partial charge is 0.467 e. The summed E-state index contributed by atoms with van der Waals surface area (Å²) in [6.45, 7) is 0. The third-order valence-corrected chi connectivity index (χ3v) is 3.61. The van der Waals surface area contributed by atoms with Gasteiger partial charge >= 0.3 is 6.01 Å². The van der Waals surface area contributed by atoms with Crippen LogP contribution < -0.4 is 10.1 Å². The number of nitrogens with zero attached hydrogens (tertiary/aromatic N) is 3. The van der Waals surface area contributed by atoms with Crippen LogP contribution >= 0.6 is 11.6 Å². The second-order valence-corrected chi connectivity index (χ2v) is 5.04. The lowest BCUT2D eigenvalue weighted by molar-refractivity contribution is 0.378. The molecule has 1 aliphatic carbocycles. The highest BCUT2D eigenvalue weighted by molar-refractivity contribution is 6.28. The quantitative estimate of drug-likeness (QED) is 0.941. The van der Waals surface area contributed by atoms with Crippen molar-refractivity contribution < 1.29 is 4.74 Å². The molecule has 1 atom stereocenters. The lowest BCUT2D eigenvalue weighted by atomic mass is 9.88. The number of ether oxygens (including phenoxy) is 1. The minimum atomic E-state index is 0.128. The topological polar surface area (TPSA) is 59.9 Å². The molecular formula is C14H15ClN4O. The van der Waals surface area contributed by atoms with E-state index in [9.17, 15) is 0 Å². The first-order chi connectivity index (χ1) is 9.76. The van der Waals surface area contributed by atoms with Crippen LogP contribution in [-0.4, -0.2) is 22.1 Å². The summed E-state index contributed by atoms with van der Waals surface area (Å²) in [7, 11) is 1.51. The SMILES string of the molecule is COc1nc(Cl)nc(NC2CCCc3ccccc32)n1. The third-order valence-electron chi connectivity index (χ3n) is 3.44. The number of benzene rings is 1. The molecule has 0 saturated heterocycles. The van der Waals surface area contributed by atoms with Crippen molar-refractivity contribution in [1.82, 2.24) is 15.0 Å². The molecular weight excluding hydrogens is 276 g/mol. The van der Waals surface area contributed by atoms with Crippen LogP contribution in [0.3, 0.4) is 0 Å². The summed E-state index contributed by atoms with van der Waals surface area (Å²) in [4.78, 5) is 12.2. The maximum absolute atomic E-state index is 5.86. The zero-order chi connectivity index (χ0) is 13.9. The van der Waals surface area contributed by atoms with Gasteiger partial charge in [-0.2, -0.15) is 15.0 Å². The molecule has 2 aromatic rings. The fourth-order valence-corrected chi connectivity index (χ4v) is 2.70. The fraction of sp³-hybridized carbons (Fsp3) is 0.357. The molecule has 6 heteroatoms. The first-order valence-electron chi connectivity index (χ1n) is 6.56. The van der Waals surface area contributed by atoms with E-state index in [0.29, 0.717) is 5.95 Å². The number of halogens is 1. The number of nitrogens with one attached hydrogen (secondary N) is 1. The van der Waals surface area contributed by atoms with Gasteiger partial charge in [0.05, 0.1) is 13.2 Å². The van der Waals surface area contributed by atoms with Crippen molar-refractivity contribution in [2.75, 3.05) is 12.4 Å². The highest BCUT2D eigenvalue weighted by atomic mass is 35.5. The number of rotatable bonds is 3. The molecule has 0 radical (unpaired) electrons. The van der Waals surface area contributed by atoms with Gasteiger partial charge in [-0.05, 0) is 42.0 Å². The van der Waals surface area contributed by atoms with Crippen molar-refractivity contribution in [3.63, 3.8) is 0 Å². The van der Waals surface area contributed by atoms with Crippen molar-refractivity contribution in [2.24, 2.45) is 0 Å². The van der Waals surface area contributed by atoms with Crippen LogP contribution in [0, 0.1) is 0 Å². The van der Waals surface area contributed by atoms with Gasteiger partial charge in [0.1, 0.15) is 0 Å². The van der Waals surface area contributed by atoms with E-state index in [2.05, 4.69) is 44.5 Å². The standard InChI is InChI=1S/C14H15ClN4O/c1-20-14-18-12(15)17-13(19-14)16-11-8-4-6-9-5-2-3-7-10(9)11/h2-3,5,7,11H,4,6,8H2,1H3,(H,16,17,18,19). The van der Waals surface area contributed by atoms with Gasteiger partial charge in [0.25, 0.3) is 0 Å². The van der Waals surface area contributed by atoms with Crippen molar-refractivity contribution in [3.05, 3.63) is 40.7 Å². The number of anilines is 1. The third kappa shape index (κ3) is 2.67. The van der Waals surface area contributed by atoms with Gasteiger partial charge in [-0.3, -0.25) is 0 Å². The number of methoxy groups -OCH3 is 1. The second kappa shape index (κ2) is 5.63. The molecule has 1 aromatic carbocycles. The Balaban J connectivity index is 1.87. The highest BCUT2D eigenvalue weighted by Gasteiger charge is 2.20. The summed E-state index contributed by atoms with van der Waals surface area (Å²) < 4.78 is 5.01. The number of fused-ring (bicyclic) bond motifs is 1. The Hall–Kier alpha value is -1.88. The predicted molar refractivity (Wildman–Crippen MR) is 77.1 cm³/mol. The maximum Gasteiger partial charge on any atom is 0.322 e. The average Bonchev–Trinajstić information content (AvgIpc) is 2.47. The number of hydrogen-bond acceptors (Lipinski definition) is 5. The van der Waals surface area contributed by atoms with Gasteiger partial charge in [0.15, 0.2) is 0 Å². The summed E-state index contributed by atoms with van der Waals surface area (Å²) in [5.74, 6) is 0.448. The van der Waals surface area contributed by atoms with E-state index in [0.717, 1.165) is 19.3 Å². The number of aromatic nitrogens is 3. The molecule has 0 fully saturated rings.